The molecule has 0 radical (unpaired) electrons. The molecule has 4 rings (SSSR count). The summed E-state index contributed by atoms with van der Waals surface area (Å²) in [4.78, 5) is 29.5. The zero-order chi connectivity index (χ0) is 21.3. The molecule has 3 aliphatic rings. The lowest BCUT2D eigenvalue weighted by Gasteiger charge is -2.36. The van der Waals surface area contributed by atoms with Crippen LogP contribution in [0.4, 0.5) is 20.6 Å². The molecule has 2 aliphatic heterocycles. The molecule has 1 unspecified atom stereocenters. The van der Waals surface area contributed by atoms with Crippen LogP contribution in [0.15, 0.2) is 18.2 Å². The molecular formula is C20H25FN4O4S. The Labute approximate surface area is 179 Å². The lowest BCUT2D eigenvalue weighted by Crippen LogP contribution is -2.49. The Hall–Kier alpha value is -2.46. The maximum absolute atomic E-state index is 14.8. The van der Waals surface area contributed by atoms with E-state index in [1.807, 2.05) is 4.90 Å². The number of halogens is 1. The van der Waals surface area contributed by atoms with Crippen LogP contribution < -0.4 is 15.1 Å². The largest absolute Gasteiger partial charge is 0.442 e. The first-order chi connectivity index (χ1) is 14.5. The Bertz CT molecular complexity index is 842. The highest BCUT2D eigenvalue weighted by Crippen LogP contribution is 2.30. The van der Waals surface area contributed by atoms with Gasteiger partial charge in [-0.05, 0) is 31.0 Å². The van der Waals surface area contributed by atoms with Gasteiger partial charge in [-0.1, -0.05) is 12.2 Å². The first kappa shape index (κ1) is 20.8. The molecule has 2 saturated heterocycles. The highest BCUT2D eigenvalue weighted by molar-refractivity contribution is 7.80. The number of hydrogen-bond acceptors (Lipinski definition) is 6. The number of benzene rings is 1. The SMILES string of the molecule is O=C(CO)N1CCN(c2ccc(N3CC(CNC(=S)C4CC4)OC3=O)cc2F)CC1. The molecular weight excluding hydrogens is 411 g/mol. The quantitative estimate of drug-likeness (QED) is 0.647. The van der Waals surface area contributed by atoms with E-state index in [1.54, 1.807) is 17.0 Å². The minimum Gasteiger partial charge on any atom is -0.442 e. The summed E-state index contributed by atoms with van der Waals surface area (Å²) < 4.78 is 20.2. The fourth-order valence-corrected chi connectivity index (χ4v) is 4.08. The molecule has 0 bridgehead atoms. The second kappa shape index (κ2) is 8.73. The van der Waals surface area contributed by atoms with Crippen LogP contribution in [0.5, 0.6) is 0 Å². The van der Waals surface area contributed by atoms with Crippen LogP contribution in [0.2, 0.25) is 0 Å². The molecule has 2 N–H and O–H groups in total. The first-order valence-electron chi connectivity index (χ1n) is 10.1. The molecule has 0 spiro atoms. The predicted octanol–water partition coefficient (Wildman–Crippen LogP) is 1.12. The van der Waals surface area contributed by atoms with Gasteiger partial charge in [0.25, 0.3) is 0 Å². The zero-order valence-electron chi connectivity index (χ0n) is 16.6. The van der Waals surface area contributed by atoms with Gasteiger partial charge >= 0.3 is 6.09 Å². The summed E-state index contributed by atoms with van der Waals surface area (Å²) in [5.74, 6) is -0.294. The third-order valence-corrected chi connectivity index (χ3v) is 6.16. The van der Waals surface area contributed by atoms with Crippen LogP contribution in [0, 0.1) is 11.7 Å². The maximum Gasteiger partial charge on any atom is 0.414 e. The second-order valence-corrected chi connectivity index (χ2v) is 8.24. The number of piperazine rings is 1. The molecule has 1 atom stereocenters. The number of aliphatic hydroxyl groups excluding tert-OH is 1. The Morgan fingerprint density at radius 2 is 2.00 bits per heavy atom. The van der Waals surface area contributed by atoms with Gasteiger partial charge in [0.1, 0.15) is 18.5 Å². The third-order valence-electron chi connectivity index (χ3n) is 5.68. The number of carbonyl (C=O) groups is 2. The summed E-state index contributed by atoms with van der Waals surface area (Å²) >= 11 is 5.30. The zero-order valence-corrected chi connectivity index (χ0v) is 17.4. The molecule has 30 heavy (non-hydrogen) atoms. The van der Waals surface area contributed by atoms with E-state index in [0.717, 1.165) is 17.8 Å². The van der Waals surface area contributed by atoms with Crippen molar-refractivity contribution in [1.82, 2.24) is 10.2 Å². The third kappa shape index (κ3) is 4.49. The van der Waals surface area contributed by atoms with Crippen LogP contribution in [0.3, 0.4) is 0 Å². The van der Waals surface area contributed by atoms with Crippen molar-refractivity contribution in [1.29, 1.82) is 0 Å². The van der Waals surface area contributed by atoms with Gasteiger partial charge in [-0.3, -0.25) is 9.69 Å². The number of amides is 2. The van der Waals surface area contributed by atoms with Crippen LogP contribution >= 0.6 is 12.2 Å². The number of carbonyl (C=O) groups excluding carboxylic acids is 2. The van der Waals surface area contributed by atoms with Gasteiger partial charge in [-0.25, -0.2) is 9.18 Å². The standard InChI is InChI=1S/C20H25FN4O4S/c21-16-9-14(3-4-17(16)23-5-7-24(8-6-23)18(27)12-26)25-11-15(29-20(25)28)10-22-19(30)13-1-2-13/h3-4,9,13,15,26H,1-2,5-8,10-12H2,(H,22,30). The Kier molecular flexibility index (Phi) is 6.05. The summed E-state index contributed by atoms with van der Waals surface area (Å²) in [6, 6.07) is 4.69. The average molecular weight is 437 g/mol. The summed E-state index contributed by atoms with van der Waals surface area (Å²) in [6.07, 6.45) is 1.39. The van der Waals surface area contributed by atoms with E-state index in [2.05, 4.69) is 5.32 Å². The summed E-state index contributed by atoms with van der Waals surface area (Å²) in [5, 5.41) is 12.1. The molecule has 8 nitrogen and oxygen atoms in total. The number of nitrogens with one attached hydrogen (secondary N) is 1. The van der Waals surface area contributed by atoms with Gasteiger partial charge in [-0.2, -0.15) is 0 Å². The van der Waals surface area contributed by atoms with E-state index >= 15 is 0 Å². The van der Waals surface area contributed by atoms with Gasteiger partial charge < -0.3 is 25.0 Å². The van der Waals surface area contributed by atoms with E-state index < -0.39 is 18.5 Å². The number of hydrogen-bond donors (Lipinski definition) is 2. The van der Waals surface area contributed by atoms with Gasteiger partial charge in [0.05, 0.1) is 29.5 Å². The number of rotatable bonds is 6. The van der Waals surface area contributed by atoms with Crippen molar-refractivity contribution < 1.29 is 23.8 Å². The summed E-state index contributed by atoms with van der Waals surface area (Å²) in [6.45, 7) is 2.07. The van der Waals surface area contributed by atoms with E-state index in [9.17, 15) is 14.0 Å². The summed E-state index contributed by atoms with van der Waals surface area (Å²) in [5.41, 5.74) is 0.873. The Morgan fingerprint density at radius 3 is 2.63 bits per heavy atom. The number of anilines is 2. The van der Waals surface area contributed by atoms with Crippen LogP contribution in [-0.2, 0) is 9.53 Å². The fraction of sp³-hybridized carbons (Fsp3) is 0.550. The van der Waals surface area contributed by atoms with Crippen molar-refractivity contribution in [3.05, 3.63) is 24.0 Å². The van der Waals surface area contributed by atoms with Crippen LogP contribution in [0.1, 0.15) is 12.8 Å². The monoisotopic (exact) mass is 436 g/mol. The highest BCUT2D eigenvalue weighted by atomic mass is 32.1. The van der Waals surface area contributed by atoms with Gasteiger partial charge in [0.2, 0.25) is 5.91 Å². The average Bonchev–Trinajstić information content (AvgIpc) is 3.54. The molecule has 0 aromatic heterocycles. The Morgan fingerprint density at radius 1 is 1.27 bits per heavy atom. The van der Waals surface area contributed by atoms with Crippen molar-refractivity contribution in [3.8, 4) is 0 Å². The van der Waals surface area contributed by atoms with Crippen molar-refractivity contribution in [2.75, 3.05) is 55.7 Å². The smallest absolute Gasteiger partial charge is 0.414 e. The van der Waals surface area contributed by atoms with Gasteiger partial charge in [-0.15, -0.1) is 0 Å². The van der Waals surface area contributed by atoms with Gasteiger partial charge in [0.15, 0.2) is 0 Å². The van der Waals surface area contributed by atoms with Gasteiger partial charge in [0, 0.05) is 32.1 Å². The van der Waals surface area contributed by atoms with Crippen LogP contribution in [-0.4, -0.2) is 79.0 Å². The first-order valence-corrected chi connectivity index (χ1v) is 10.6. The summed E-state index contributed by atoms with van der Waals surface area (Å²) in [7, 11) is 0. The van der Waals surface area contributed by atoms with Crippen molar-refractivity contribution in [3.63, 3.8) is 0 Å². The fourth-order valence-electron chi connectivity index (χ4n) is 3.76. The maximum atomic E-state index is 14.8. The molecule has 1 aromatic carbocycles. The molecule has 2 heterocycles. The lowest BCUT2D eigenvalue weighted by molar-refractivity contribution is -0.134. The van der Waals surface area contributed by atoms with E-state index in [1.165, 1.54) is 11.0 Å². The van der Waals surface area contributed by atoms with E-state index in [0.29, 0.717) is 56.6 Å². The molecule has 1 aromatic rings. The number of nitrogens with zero attached hydrogens (tertiary/aromatic N) is 3. The molecule has 2 amide bonds. The normalized spacial score (nSPS) is 21.6. The van der Waals surface area contributed by atoms with Crippen molar-refractivity contribution in [2.24, 2.45) is 5.92 Å². The highest BCUT2D eigenvalue weighted by Gasteiger charge is 2.34. The minimum atomic E-state index is -0.516. The molecule has 162 valence electrons. The molecule has 1 aliphatic carbocycles. The minimum absolute atomic E-state index is 0.319. The molecule has 1 saturated carbocycles. The number of ether oxygens (including phenoxy) is 1. The molecule has 10 heteroatoms. The van der Waals surface area contributed by atoms with Crippen molar-refractivity contribution >= 4 is 40.6 Å². The Balaban J connectivity index is 1.35. The van der Waals surface area contributed by atoms with Crippen LogP contribution in [0.25, 0.3) is 0 Å². The lowest BCUT2D eigenvalue weighted by atomic mass is 10.2. The number of aliphatic hydroxyl groups is 1. The second-order valence-electron chi connectivity index (χ2n) is 7.80. The molecule has 3 fully saturated rings. The topological polar surface area (TPSA) is 85.3 Å². The van der Waals surface area contributed by atoms with Crippen molar-refractivity contribution in [2.45, 2.75) is 18.9 Å². The van der Waals surface area contributed by atoms with E-state index in [4.69, 9.17) is 22.1 Å². The number of thiocarbonyl (C=S) groups is 1. The number of cyclic esters (lactones) is 1. The van der Waals surface area contributed by atoms with E-state index in [-0.39, 0.29) is 12.0 Å². The predicted molar refractivity (Wildman–Crippen MR) is 113 cm³/mol.